The Balaban J connectivity index is 3.71. The van der Waals surface area contributed by atoms with Crippen LogP contribution in [-0.4, -0.2) is 12.6 Å². The van der Waals surface area contributed by atoms with Gasteiger partial charge in [-0.2, -0.15) is 0 Å². The number of hydrogen-bond acceptors (Lipinski definition) is 2. The molecule has 0 aliphatic rings. The molecule has 0 radical (unpaired) electrons. The van der Waals surface area contributed by atoms with E-state index in [9.17, 15) is 4.79 Å². The summed E-state index contributed by atoms with van der Waals surface area (Å²) in [6.07, 6.45) is 0. The quantitative estimate of drug-likeness (QED) is 0.576. The van der Waals surface area contributed by atoms with Crippen molar-refractivity contribution in [2.24, 2.45) is 11.3 Å². The number of hydrogen-bond donors (Lipinski definition) is 0. The van der Waals surface area contributed by atoms with Crippen LogP contribution >= 0.6 is 0 Å². The van der Waals surface area contributed by atoms with E-state index in [4.69, 9.17) is 4.74 Å². The monoisotopic (exact) mass is 158 g/mol. The normalized spacial score (nSPS) is 11.8. The number of ether oxygens (including phenoxy) is 1. The highest BCUT2D eigenvalue weighted by Gasteiger charge is 2.22. The molecule has 0 amide bonds. The first kappa shape index (κ1) is 10.5. The first-order valence-corrected chi connectivity index (χ1v) is 4.01. The minimum atomic E-state index is -0.366. The third kappa shape index (κ3) is 4.82. The maximum absolute atomic E-state index is 11.1. The Labute approximate surface area is 68.9 Å². The first-order chi connectivity index (χ1) is 4.84. The van der Waals surface area contributed by atoms with Gasteiger partial charge in [-0.25, -0.2) is 0 Å². The molecule has 0 rings (SSSR count). The molecule has 0 aromatic heterocycles. The van der Waals surface area contributed by atoms with E-state index in [0.717, 1.165) is 0 Å². The van der Waals surface area contributed by atoms with Crippen molar-refractivity contribution < 1.29 is 9.53 Å². The third-order valence-electron chi connectivity index (χ3n) is 1.16. The van der Waals surface area contributed by atoms with E-state index in [1.807, 2.05) is 34.6 Å². The lowest BCUT2D eigenvalue weighted by Crippen LogP contribution is -2.24. The third-order valence-corrected chi connectivity index (χ3v) is 1.16. The highest BCUT2D eigenvalue weighted by atomic mass is 16.5. The van der Waals surface area contributed by atoms with Crippen LogP contribution in [0.1, 0.15) is 34.6 Å². The molecule has 2 nitrogen and oxygen atoms in total. The summed E-state index contributed by atoms with van der Waals surface area (Å²) < 4.78 is 5.03. The second-order valence-corrected chi connectivity index (χ2v) is 4.24. The molecule has 0 saturated carbocycles. The van der Waals surface area contributed by atoms with E-state index < -0.39 is 0 Å². The van der Waals surface area contributed by atoms with Gasteiger partial charge in [0, 0.05) is 0 Å². The van der Waals surface area contributed by atoms with Crippen LogP contribution in [0.4, 0.5) is 0 Å². The highest BCUT2D eigenvalue weighted by Crippen LogP contribution is 2.15. The van der Waals surface area contributed by atoms with Crippen molar-refractivity contribution in [1.29, 1.82) is 0 Å². The minimum Gasteiger partial charge on any atom is -0.465 e. The molecule has 11 heavy (non-hydrogen) atoms. The van der Waals surface area contributed by atoms with E-state index in [0.29, 0.717) is 12.5 Å². The zero-order valence-corrected chi connectivity index (χ0v) is 8.10. The molecule has 0 saturated heterocycles. The van der Waals surface area contributed by atoms with Crippen molar-refractivity contribution in [2.45, 2.75) is 34.6 Å². The van der Waals surface area contributed by atoms with Gasteiger partial charge in [-0.3, -0.25) is 4.79 Å². The molecule has 0 fully saturated rings. The van der Waals surface area contributed by atoms with Crippen LogP contribution in [-0.2, 0) is 9.53 Å². The summed E-state index contributed by atoms with van der Waals surface area (Å²) in [5, 5.41) is 0. The fourth-order valence-corrected chi connectivity index (χ4v) is 0.459. The van der Waals surface area contributed by atoms with Crippen LogP contribution in [0.2, 0.25) is 0 Å². The predicted octanol–water partition coefficient (Wildman–Crippen LogP) is 2.23. The van der Waals surface area contributed by atoms with Gasteiger partial charge < -0.3 is 4.74 Å². The first-order valence-electron chi connectivity index (χ1n) is 4.01. The Hall–Kier alpha value is -0.530. The second-order valence-electron chi connectivity index (χ2n) is 4.24. The van der Waals surface area contributed by atoms with Gasteiger partial charge in [-0.1, -0.05) is 13.8 Å². The van der Waals surface area contributed by atoms with E-state index >= 15 is 0 Å². The molecular weight excluding hydrogens is 140 g/mol. The summed E-state index contributed by atoms with van der Waals surface area (Å²) in [7, 11) is 0. The molecule has 0 heterocycles. The van der Waals surface area contributed by atoms with Crippen LogP contribution < -0.4 is 0 Å². The molecule has 0 unspecified atom stereocenters. The van der Waals surface area contributed by atoms with Gasteiger partial charge in [0.25, 0.3) is 0 Å². The second kappa shape index (κ2) is 3.74. The summed E-state index contributed by atoms with van der Waals surface area (Å²) in [5.74, 6) is 0.299. The largest absolute Gasteiger partial charge is 0.465 e. The topological polar surface area (TPSA) is 26.3 Å². The average molecular weight is 158 g/mol. The lowest BCUT2D eigenvalue weighted by molar-refractivity contribution is -0.154. The van der Waals surface area contributed by atoms with E-state index in [1.54, 1.807) is 0 Å². The molecule has 0 spiro atoms. The van der Waals surface area contributed by atoms with Gasteiger partial charge in [-0.05, 0) is 26.7 Å². The van der Waals surface area contributed by atoms with Gasteiger partial charge in [0.2, 0.25) is 0 Å². The molecular formula is C9H18O2. The van der Waals surface area contributed by atoms with Crippen molar-refractivity contribution in [3.63, 3.8) is 0 Å². The predicted molar refractivity (Wildman–Crippen MR) is 45.3 cm³/mol. The van der Waals surface area contributed by atoms with Crippen LogP contribution in [0, 0.1) is 11.3 Å². The lowest BCUT2D eigenvalue weighted by atomic mass is 9.97. The van der Waals surface area contributed by atoms with Gasteiger partial charge in [0.1, 0.15) is 0 Å². The maximum Gasteiger partial charge on any atom is 0.311 e. The molecule has 0 N–H and O–H groups in total. The standard InChI is InChI=1S/C9H18O2/c1-7(2)6-11-8(10)9(3,4)5/h7H,6H2,1-5H3. The fourth-order valence-electron chi connectivity index (χ4n) is 0.459. The Morgan fingerprint density at radius 3 is 2.09 bits per heavy atom. The summed E-state index contributed by atoms with van der Waals surface area (Å²) in [4.78, 5) is 11.1. The minimum absolute atomic E-state index is 0.119. The summed E-state index contributed by atoms with van der Waals surface area (Å²) in [6, 6.07) is 0. The average Bonchev–Trinajstić information content (AvgIpc) is 1.80. The van der Waals surface area contributed by atoms with E-state index in [1.165, 1.54) is 0 Å². The Morgan fingerprint density at radius 1 is 1.36 bits per heavy atom. The van der Waals surface area contributed by atoms with Crippen molar-refractivity contribution >= 4 is 5.97 Å². The van der Waals surface area contributed by atoms with Crippen molar-refractivity contribution in [2.75, 3.05) is 6.61 Å². The van der Waals surface area contributed by atoms with E-state index in [2.05, 4.69) is 0 Å². The summed E-state index contributed by atoms with van der Waals surface area (Å²) in [5.41, 5.74) is -0.366. The maximum atomic E-state index is 11.1. The number of esters is 1. The van der Waals surface area contributed by atoms with Crippen molar-refractivity contribution in [1.82, 2.24) is 0 Å². The van der Waals surface area contributed by atoms with E-state index in [-0.39, 0.29) is 11.4 Å². The number of carbonyl (C=O) groups is 1. The van der Waals surface area contributed by atoms with Crippen molar-refractivity contribution in [3.05, 3.63) is 0 Å². The van der Waals surface area contributed by atoms with Gasteiger partial charge in [0.15, 0.2) is 0 Å². The molecule has 0 aromatic carbocycles. The van der Waals surface area contributed by atoms with Crippen LogP contribution in [0.5, 0.6) is 0 Å². The molecule has 0 aromatic rings. The summed E-state index contributed by atoms with van der Waals surface area (Å²) in [6.45, 7) is 10.1. The summed E-state index contributed by atoms with van der Waals surface area (Å²) >= 11 is 0. The molecule has 66 valence electrons. The van der Waals surface area contributed by atoms with Gasteiger partial charge in [0.05, 0.1) is 12.0 Å². The zero-order chi connectivity index (χ0) is 9.07. The smallest absolute Gasteiger partial charge is 0.311 e. The van der Waals surface area contributed by atoms with Crippen molar-refractivity contribution in [3.8, 4) is 0 Å². The number of carbonyl (C=O) groups excluding carboxylic acids is 1. The van der Waals surface area contributed by atoms with Gasteiger partial charge in [-0.15, -0.1) is 0 Å². The molecule has 0 atom stereocenters. The molecule has 2 heteroatoms. The number of rotatable bonds is 2. The Morgan fingerprint density at radius 2 is 1.82 bits per heavy atom. The van der Waals surface area contributed by atoms with Crippen LogP contribution in [0.25, 0.3) is 0 Å². The Bertz CT molecular complexity index is 131. The SMILES string of the molecule is CC(C)COC(=O)C(C)(C)C. The lowest BCUT2D eigenvalue weighted by Gasteiger charge is -2.17. The molecule has 0 bridgehead atoms. The van der Waals surface area contributed by atoms with Crippen LogP contribution in [0.15, 0.2) is 0 Å². The zero-order valence-electron chi connectivity index (χ0n) is 8.10. The van der Waals surface area contributed by atoms with Gasteiger partial charge >= 0.3 is 5.97 Å². The molecule has 0 aliphatic carbocycles. The highest BCUT2D eigenvalue weighted by molar-refractivity contribution is 5.75. The van der Waals surface area contributed by atoms with Crippen LogP contribution in [0.3, 0.4) is 0 Å². The molecule has 0 aliphatic heterocycles. The fraction of sp³-hybridized carbons (Fsp3) is 0.889. The Kier molecular flexibility index (Phi) is 3.56.